The molecule has 6 nitrogen and oxygen atoms in total. The Morgan fingerprint density at radius 1 is 0.927 bits per heavy atom. The molecule has 0 aromatic heterocycles. The van der Waals surface area contributed by atoms with Crippen LogP contribution in [0.4, 0.5) is 5.69 Å². The number of benzene rings is 3. The first-order valence-corrected chi connectivity index (χ1v) is 15.2. The summed E-state index contributed by atoms with van der Waals surface area (Å²) in [6.07, 6.45) is 2.41. The number of anilines is 1. The Kier molecular flexibility index (Phi) is 10.5. The molecule has 8 heteroatoms. The molecule has 0 saturated carbocycles. The van der Waals surface area contributed by atoms with Gasteiger partial charge < -0.3 is 10.1 Å². The van der Waals surface area contributed by atoms with Crippen LogP contribution in [0, 0.1) is 6.92 Å². The smallest absolute Gasteiger partial charge is 0.122 e. The van der Waals surface area contributed by atoms with Gasteiger partial charge in [-0.05, 0) is 73.7 Å². The second-order valence-corrected chi connectivity index (χ2v) is 11.7. The van der Waals surface area contributed by atoms with Crippen LogP contribution < -0.4 is 5.32 Å². The van der Waals surface area contributed by atoms with Crippen LogP contribution in [0.1, 0.15) is 42.5 Å². The van der Waals surface area contributed by atoms with E-state index in [0.29, 0.717) is 6.54 Å². The standard InChI is InChI=1S/C33H39Cl2N5O/c1-24-6-3-4-8-31(24)38-32(37-25(2)36-22-30-7-5-21-41-30)23-39-17-19-40(20-18-39)33(26-9-13-28(34)14-10-26)27-11-15-29(35)16-12-27/h3-4,6,8-16,30,33H,5,7,17-23H2,1-2H3,(H,36,37,38). The highest BCUT2D eigenvalue weighted by atomic mass is 35.5. The van der Waals surface area contributed by atoms with Crippen LogP contribution in [0.5, 0.6) is 0 Å². The summed E-state index contributed by atoms with van der Waals surface area (Å²) >= 11 is 12.4. The van der Waals surface area contributed by atoms with Crippen molar-refractivity contribution in [3.8, 4) is 0 Å². The third kappa shape index (κ3) is 8.40. The summed E-state index contributed by atoms with van der Waals surface area (Å²) in [6.45, 7) is 10.0. The van der Waals surface area contributed by atoms with Crippen molar-refractivity contribution >= 4 is 40.6 Å². The summed E-state index contributed by atoms with van der Waals surface area (Å²) in [5, 5.41) is 5.10. The van der Waals surface area contributed by atoms with Gasteiger partial charge in [-0.2, -0.15) is 0 Å². The van der Waals surface area contributed by atoms with E-state index in [1.165, 1.54) is 16.7 Å². The summed E-state index contributed by atoms with van der Waals surface area (Å²) in [4.78, 5) is 14.7. The van der Waals surface area contributed by atoms with Crippen molar-refractivity contribution in [3.63, 3.8) is 0 Å². The number of hydrogen-bond acceptors (Lipinski definition) is 4. The van der Waals surface area contributed by atoms with Crippen LogP contribution in [0.15, 0.2) is 82.8 Å². The fourth-order valence-electron chi connectivity index (χ4n) is 5.52. The lowest BCUT2D eigenvalue weighted by atomic mass is 9.96. The molecule has 2 aliphatic rings. The highest BCUT2D eigenvalue weighted by molar-refractivity contribution is 6.30. The van der Waals surface area contributed by atoms with E-state index in [4.69, 9.17) is 37.9 Å². The monoisotopic (exact) mass is 591 g/mol. The molecule has 1 N–H and O–H groups in total. The van der Waals surface area contributed by atoms with Gasteiger partial charge in [0.15, 0.2) is 0 Å². The minimum absolute atomic E-state index is 0.136. The molecule has 3 aromatic rings. The van der Waals surface area contributed by atoms with Crippen LogP contribution in [0.2, 0.25) is 10.0 Å². The van der Waals surface area contributed by atoms with Crippen molar-refractivity contribution in [1.82, 2.24) is 9.80 Å². The van der Waals surface area contributed by atoms with E-state index in [1.807, 2.05) is 31.2 Å². The fraction of sp³-hybridized carbons (Fsp3) is 0.394. The van der Waals surface area contributed by atoms with E-state index in [9.17, 15) is 0 Å². The number of amidine groups is 2. The maximum atomic E-state index is 6.22. The van der Waals surface area contributed by atoms with Gasteiger partial charge in [0.05, 0.1) is 25.2 Å². The molecule has 5 rings (SSSR count). The lowest BCUT2D eigenvalue weighted by molar-refractivity contribution is 0.118. The Hall–Kier alpha value is -2.74. The Bertz CT molecular complexity index is 1280. The number of halogens is 2. The zero-order chi connectivity index (χ0) is 28.6. The van der Waals surface area contributed by atoms with Gasteiger partial charge >= 0.3 is 0 Å². The minimum Gasteiger partial charge on any atom is -0.376 e. The van der Waals surface area contributed by atoms with Gasteiger partial charge in [0, 0.05) is 48.5 Å². The zero-order valence-corrected chi connectivity index (χ0v) is 25.4. The summed E-state index contributed by atoms with van der Waals surface area (Å²) in [5.74, 6) is 1.69. The van der Waals surface area contributed by atoms with E-state index < -0.39 is 0 Å². The molecule has 0 amide bonds. The largest absolute Gasteiger partial charge is 0.376 e. The average Bonchev–Trinajstić information content (AvgIpc) is 3.50. The molecule has 216 valence electrons. The number of nitrogens with zero attached hydrogens (tertiary/aromatic N) is 4. The van der Waals surface area contributed by atoms with Gasteiger partial charge in [0.1, 0.15) is 11.7 Å². The predicted octanol–water partition coefficient (Wildman–Crippen LogP) is 7.12. The van der Waals surface area contributed by atoms with Crippen LogP contribution in [0.3, 0.4) is 0 Å². The summed E-state index contributed by atoms with van der Waals surface area (Å²) in [6, 6.07) is 24.9. The maximum Gasteiger partial charge on any atom is 0.122 e. The summed E-state index contributed by atoms with van der Waals surface area (Å²) in [5.41, 5.74) is 4.72. The van der Waals surface area contributed by atoms with Crippen LogP contribution in [-0.4, -0.2) is 73.5 Å². The lowest BCUT2D eigenvalue weighted by Crippen LogP contribution is -2.49. The summed E-state index contributed by atoms with van der Waals surface area (Å²) < 4.78 is 5.75. The van der Waals surface area contributed by atoms with Gasteiger partial charge in [0.2, 0.25) is 0 Å². The van der Waals surface area contributed by atoms with Crippen molar-refractivity contribution < 1.29 is 4.74 Å². The molecule has 41 heavy (non-hydrogen) atoms. The van der Waals surface area contributed by atoms with Crippen molar-refractivity contribution in [2.75, 3.05) is 51.2 Å². The Balaban J connectivity index is 1.29. The van der Waals surface area contributed by atoms with Crippen LogP contribution in [0.25, 0.3) is 0 Å². The van der Waals surface area contributed by atoms with E-state index in [1.54, 1.807) is 0 Å². The number of para-hydroxylation sites is 1. The number of piperazine rings is 1. The van der Waals surface area contributed by atoms with Crippen LogP contribution >= 0.6 is 23.2 Å². The van der Waals surface area contributed by atoms with Gasteiger partial charge in [0.25, 0.3) is 0 Å². The highest BCUT2D eigenvalue weighted by Crippen LogP contribution is 2.31. The third-order valence-electron chi connectivity index (χ3n) is 7.79. The summed E-state index contributed by atoms with van der Waals surface area (Å²) in [7, 11) is 0. The van der Waals surface area contributed by atoms with Gasteiger partial charge in [-0.25, -0.2) is 4.99 Å². The molecular weight excluding hydrogens is 553 g/mol. The lowest BCUT2D eigenvalue weighted by Gasteiger charge is -2.40. The van der Waals surface area contributed by atoms with Crippen molar-refractivity contribution in [1.29, 1.82) is 0 Å². The Morgan fingerprint density at radius 3 is 2.15 bits per heavy atom. The molecule has 2 heterocycles. The molecule has 2 saturated heterocycles. The molecular formula is C33H39Cl2N5O. The van der Waals surface area contributed by atoms with Gasteiger partial charge in [-0.1, -0.05) is 65.7 Å². The molecule has 0 aliphatic carbocycles. The van der Waals surface area contributed by atoms with Gasteiger partial charge in [-0.15, -0.1) is 0 Å². The molecule has 0 spiro atoms. The predicted molar refractivity (Wildman–Crippen MR) is 172 cm³/mol. The average molecular weight is 593 g/mol. The molecule has 2 fully saturated rings. The number of ether oxygens (including phenoxy) is 1. The first-order chi connectivity index (χ1) is 19.9. The molecule has 1 atom stereocenters. The second kappa shape index (κ2) is 14.4. The van der Waals surface area contributed by atoms with Crippen molar-refractivity contribution in [2.45, 2.75) is 38.8 Å². The second-order valence-electron chi connectivity index (χ2n) is 10.8. The zero-order valence-electron chi connectivity index (χ0n) is 23.9. The van der Waals surface area contributed by atoms with E-state index in [0.717, 1.165) is 79.6 Å². The number of nitrogens with one attached hydrogen (secondary N) is 1. The Morgan fingerprint density at radius 2 is 1.56 bits per heavy atom. The van der Waals surface area contributed by atoms with E-state index >= 15 is 0 Å². The van der Waals surface area contributed by atoms with E-state index in [2.05, 4.69) is 70.6 Å². The quantitative estimate of drug-likeness (QED) is 0.224. The highest BCUT2D eigenvalue weighted by Gasteiger charge is 2.27. The number of aryl methyl sites for hydroxylation is 1. The third-order valence-corrected chi connectivity index (χ3v) is 8.29. The van der Waals surface area contributed by atoms with Gasteiger partial charge in [-0.3, -0.25) is 14.8 Å². The number of aliphatic imine (C=N–C) groups is 2. The first-order valence-electron chi connectivity index (χ1n) is 14.4. The normalized spacial score (nSPS) is 19.2. The molecule has 3 aromatic carbocycles. The topological polar surface area (TPSA) is 52.5 Å². The number of hydrogen-bond donors (Lipinski definition) is 1. The SMILES string of the molecule is CC(=NCC1CCCO1)N=C(CN1CCN(C(c2ccc(Cl)cc2)c2ccc(Cl)cc2)CC1)Nc1ccccc1C. The van der Waals surface area contributed by atoms with Crippen molar-refractivity contribution in [3.05, 3.63) is 99.5 Å². The fourth-order valence-corrected chi connectivity index (χ4v) is 5.77. The molecule has 1 unspecified atom stereocenters. The molecule has 2 aliphatic heterocycles. The minimum atomic E-state index is 0.136. The van der Waals surface area contributed by atoms with Crippen molar-refractivity contribution in [2.24, 2.45) is 9.98 Å². The Labute approximate surface area is 254 Å². The first kappa shape index (κ1) is 29.7. The molecule has 0 radical (unpaired) electrons. The van der Waals surface area contributed by atoms with E-state index in [-0.39, 0.29) is 12.1 Å². The van der Waals surface area contributed by atoms with Crippen LogP contribution in [-0.2, 0) is 4.74 Å². The number of rotatable bonds is 8. The maximum absolute atomic E-state index is 6.22. The molecule has 0 bridgehead atoms.